The van der Waals surface area contributed by atoms with Gasteiger partial charge in [0.2, 0.25) is 0 Å². The van der Waals surface area contributed by atoms with Crippen molar-refractivity contribution in [2.45, 2.75) is 19.4 Å². The number of carbonyl (C=O) groups excluding carboxylic acids is 1. The lowest BCUT2D eigenvalue weighted by atomic mass is 10.2. The van der Waals surface area contributed by atoms with Gasteiger partial charge in [0.25, 0.3) is 5.91 Å². The number of nitrogens with zero attached hydrogens (tertiary/aromatic N) is 1. The van der Waals surface area contributed by atoms with Crippen LogP contribution in [0.1, 0.15) is 29.0 Å². The highest BCUT2D eigenvalue weighted by Gasteiger charge is 2.24. The van der Waals surface area contributed by atoms with Gasteiger partial charge in [-0.15, -0.1) is 0 Å². The van der Waals surface area contributed by atoms with Crippen LogP contribution in [-0.2, 0) is 6.61 Å². The number of furan rings is 1. The molecule has 0 radical (unpaired) electrons. The fraction of sp³-hybridized carbons (Fsp3) is 0.312. The first-order chi connectivity index (χ1) is 9.84. The second kappa shape index (κ2) is 5.82. The highest BCUT2D eigenvalue weighted by molar-refractivity contribution is 5.93. The Bertz CT molecular complexity index is 570. The molecule has 0 aliphatic carbocycles. The Labute approximate surface area is 118 Å². The summed E-state index contributed by atoms with van der Waals surface area (Å²) in [5.74, 6) is 1.16. The Kier molecular flexibility index (Phi) is 3.72. The number of carbonyl (C=O) groups is 1. The Morgan fingerprint density at radius 2 is 1.90 bits per heavy atom. The second-order valence-electron chi connectivity index (χ2n) is 4.88. The standard InChI is InChI=1S/C16H17NO3/c18-16(17-9-4-5-10-17)15-13(8-11-19-15)12-20-14-6-2-1-3-7-14/h1-3,6-8,11H,4-5,9-10,12H2. The number of amides is 1. The van der Waals surface area contributed by atoms with Crippen LogP contribution in [0.4, 0.5) is 0 Å². The van der Waals surface area contributed by atoms with Crippen molar-refractivity contribution in [2.24, 2.45) is 0 Å². The van der Waals surface area contributed by atoms with E-state index in [0.717, 1.165) is 37.2 Å². The van der Waals surface area contributed by atoms with Crippen LogP contribution in [0.25, 0.3) is 0 Å². The summed E-state index contributed by atoms with van der Waals surface area (Å²) in [6.45, 7) is 1.98. The maximum Gasteiger partial charge on any atom is 0.289 e. The maximum absolute atomic E-state index is 12.3. The van der Waals surface area contributed by atoms with Gasteiger partial charge in [-0.2, -0.15) is 0 Å². The van der Waals surface area contributed by atoms with Crippen molar-refractivity contribution in [2.75, 3.05) is 13.1 Å². The number of hydrogen-bond donors (Lipinski definition) is 0. The van der Waals surface area contributed by atoms with E-state index in [9.17, 15) is 4.79 Å². The highest BCUT2D eigenvalue weighted by Crippen LogP contribution is 2.19. The fourth-order valence-corrected chi connectivity index (χ4v) is 2.38. The molecule has 4 nitrogen and oxygen atoms in total. The zero-order valence-electron chi connectivity index (χ0n) is 11.2. The first kappa shape index (κ1) is 12.8. The molecule has 4 heteroatoms. The molecular formula is C16H17NO3. The molecule has 1 fully saturated rings. The average Bonchev–Trinajstić information content (AvgIpc) is 3.17. The molecule has 2 aromatic rings. The molecular weight excluding hydrogens is 254 g/mol. The van der Waals surface area contributed by atoms with Crippen molar-refractivity contribution in [3.63, 3.8) is 0 Å². The molecule has 0 N–H and O–H groups in total. The summed E-state index contributed by atoms with van der Waals surface area (Å²) in [7, 11) is 0. The fourth-order valence-electron chi connectivity index (χ4n) is 2.38. The average molecular weight is 271 g/mol. The molecule has 2 heterocycles. The Morgan fingerprint density at radius 1 is 1.15 bits per heavy atom. The molecule has 0 saturated carbocycles. The minimum atomic E-state index is -0.0286. The lowest BCUT2D eigenvalue weighted by Crippen LogP contribution is -2.28. The molecule has 0 unspecified atom stereocenters. The van der Waals surface area contributed by atoms with Crippen LogP contribution in [0, 0.1) is 0 Å². The third-order valence-electron chi connectivity index (χ3n) is 3.47. The van der Waals surface area contributed by atoms with Crippen LogP contribution in [0.5, 0.6) is 5.75 Å². The first-order valence-electron chi connectivity index (χ1n) is 6.88. The Hall–Kier alpha value is -2.23. The van der Waals surface area contributed by atoms with Gasteiger partial charge in [-0.3, -0.25) is 4.79 Å². The van der Waals surface area contributed by atoms with Gasteiger partial charge in [0.1, 0.15) is 12.4 Å². The van der Waals surface area contributed by atoms with Crippen LogP contribution in [0.2, 0.25) is 0 Å². The van der Waals surface area contributed by atoms with Gasteiger partial charge in [-0.25, -0.2) is 0 Å². The molecule has 0 bridgehead atoms. The van der Waals surface area contributed by atoms with Crippen LogP contribution in [0.3, 0.4) is 0 Å². The molecule has 1 aromatic carbocycles. The van der Waals surface area contributed by atoms with Gasteiger partial charge < -0.3 is 14.1 Å². The summed E-state index contributed by atoms with van der Waals surface area (Å²) in [5, 5.41) is 0. The summed E-state index contributed by atoms with van der Waals surface area (Å²) in [6, 6.07) is 11.4. The molecule has 0 spiro atoms. The molecule has 0 atom stereocenters. The topological polar surface area (TPSA) is 42.7 Å². The molecule has 1 aliphatic heterocycles. The minimum Gasteiger partial charge on any atom is -0.489 e. The number of rotatable bonds is 4. The summed E-state index contributed by atoms with van der Waals surface area (Å²) in [6.07, 6.45) is 3.69. The van der Waals surface area contributed by atoms with E-state index in [1.54, 1.807) is 12.3 Å². The predicted octanol–water partition coefficient (Wildman–Crippen LogP) is 3.09. The number of likely N-dealkylation sites (tertiary alicyclic amines) is 1. The van der Waals surface area contributed by atoms with E-state index in [1.165, 1.54) is 0 Å². The second-order valence-corrected chi connectivity index (χ2v) is 4.88. The lowest BCUT2D eigenvalue weighted by molar-refractivity contribution is 0.0757. The summed E-state index contributed by atoms with van der Waals surface area (Å²) in [5.41, 5.74) is 0.797. The number of benzene rings is 1. The van der Waals surface area contributed by atoms with Crippen molar-refractivity contribution in [3.8, 4) is 5.75 Å². The van der Waals surface area contributed by atoms with Crippen LogP contribution < -0.4 is 4.74 Å². The number of para-hydroxylation sites is 1. The molecule has 1 aliphatic rings. The normalized spacial score (nSPS) is 14.5. The van der Waals surface area contributed by atoms with Crippen LogP contribution in [-0.4, -0.2) is 23.9 Å². The maximum atomic E-state index is 12.3. The van der Waals surface area contributed by atoms with E-state index in [4.69, 9.17) is 9.15 Å². The van der Waals surface area contributed by atoms with Crippen molar-refractivity contribution >= 4 is 5.91 Å². The molecule has 1 saturated heterocycles. The van der Waals surface area contributed by atoms with Gasteiger partial charge in [0.05, 0.1) is 6.26 Å². The summed E-state index contributed by atoms with van der Waals surface area (Å²) in [4.78, 5) is 14.2. The third kappa shape index (κ3) is 2.69. The molecule has 104 valence electrons. The van der Waals surface area contributed by atoms with Gasteiger partial charge in [0.15, 0.2) is 5.76 Å². The first-order valence-corrected chi connectivity index (χ1v) is 6.88. The molecule has 1 amide bonds. The third-order valence-corrected chi connectivity index (χ3v) is 3.47. The van der Waals surface area contributed by atoms with Crippen LogP contribution >= 0.6 is 0 Å². The van der Waals surface area contributed by atoms with E-state index in [2.05, 4.69) is 0 Å². The van der Waals surface area contributed by atoms with Crippen molar-refractivity contribution < 1.29 is 13.9 Å². The van der Waals surface area contributed by atoms with Crippen molar-refractivity contribution in [3.05, 3.63) is 54.0 Å². The van der Waals surface area contributed by atoms with Gasteiger partial charge in [-0.05, 0) is 31.0 Å². The largest absolute Gasteiger partial charge is 0.489 e. The van der Waals surface area contributed by atoms with Gasteiger partial charge in [0, 0.05) is 18.7 Å². The quantitative estimate of drug-likeness (QED) is 0.858. The Balaban J connectivity index is 1.68. The van der Waals surface area contributed by atoms with E-state index in [0.29, 0.717) is 12.4 Å². The SMILES string of the molecule is O=C(c1occc1COc1ccccc1)N1CCCC1. The zero-order chi connectivity index (χ0) is 13.8. The highest BCUT2D eigenvalue weighted by atomic mass is 16.5. The summed E-state index contributed by atoms with van der Waals surface area (Å²) >= 11 is 0. The monoisotopic (exact) mass is 271 g/mol. The Morgan fingerprint density at radius 3 is 2.65 bits per heavy atom. The number of hydrogen-bond acceptors (Lipinski definition) is 3. The van der Waals surface area contributed by atoms with Gasteiger partial charge in [-0.1, -0.05) is 18.2 Å². The lowest BCUT2D eigenvalue weighted by Gasteiger charge is -2.14. The zero-order valence-corrected chi connectivity index (χ0v) is 11.2. The smallest absolute Gasteiger partial charge is 0.289 e. The van der Waals surface area contributed by atoms with E-state index < -0.39 is 0 Å². The molecule has 20 heavy (non-hydrogen) atoms. The van der Waals surface area contributed by atoms with Crippen LogP contribution in [0.15, 0.2) is 47.1 Å². The van der Waals surface area contributed by atoms with E-state index in [-0.39, 0.29) is 5.91 Å². The van der Waals surface area contributed by atoms with E-state index >= 15 is 0 Å². The number of ether oxygens (including phenoxy) is 1. The van der Waals surface area contributed by atoms with Crippen molar-refractivity contribution in [1.29, 1.82) is 0 Å². The van der Waals surface area contributed by atoms with Gasteiger partial charge >= 0.3 is 0 Å². The molecule has 3 rings (SSSR count). The minimum absolute atomic E-state index is 0.0286. The molecule has 1 aromatic heterocycles. The van der Waals surface area contributed by atoms with E-state index in [1.807, 2.05) is 35.2 Å². The summed E-state index contributed by atoms with van der Waals surface area (Å²) < 4.78 is 11.0. The predicted molar refractivity (Wildman–Crippen MR) is 74.6 cm³/mol. The van der Waals surface area contributed by atoms with Crippen molar-refractivity contribution in [1.82, 2.24) is 4.90 Å².